The molecule has 2 aromatic rings. The van der Waals surface area contributed by atoms with E-state index in [0.717, 1.165) is 17.3 Å². The Morgan fingerprint density at radius 3 is 2.35 bits per heavy atom. The molecule has 3 heteroatoms. The molecule has 0 saturated carbocycles. The minimum absolute atomic E-state index is 0.639. The van der Waals surface area contributed by atoms with Gasteiger partial charge in [-0.15, -0.1) is 11.8 Å². The van der Waals surface area contributed by atoms with Crippen LogP contribution in [-0.4, -0.2) is 23.1 Å². The van der Waals surface area contributed by atoms with Crippen molar-refractivity contribution in [3.8, 4) is 11.1 Å². The average Bonchev–Trinajstić information content (AvgIpc) is 3.03. The average molecular weight is 280 g/mol. The molecule has 100 valence electrons. The SMILES string of the molecule is N=C(Cc1ccc(-c2ccccc2)cc1)C1=NCCS1. The molecule has 1 aliphatic heterocycles. The third kappa shape index (κ3) is 2.99. The van der Waals surface area contributed by atoms with Crippen LogP contribution in [0.2, 0.25) is 0 Å². The Morgan fingerprint density at radius 2 is 1.70 bits per heavy atom. The third-order valence-corrected chi connectivity index (χ3v) is 4.32. The van der Waals surface area contributed by atoms with Crippen molar-refractivity contribution in [1.29, 1.82) is 5.41 Å². The van der Waals surface area contributed by atoms with Gasteiger partial charge in [0.25, 0.3) is 0 Å². The van der Waals surface area contributed by atoms with Gasteiger partial charge in [0.05, 0.1) is 5.71 Å². The second-order valence-electron chi connectivity index (χ2n) is 4.75. The van der Waals surface area contributed by atoms with Gasteiger partial charge in [0.15, 0.2) is 0 Å². The lowest BCUT2D eigenvalue weighted by molar-refractivity contribution is 1.17. The zero-order valence-electron chi connectivity index (χ0n) is 11.2. The van der Waals surface area contributed by atoms with Crippen LogP contribution in [0.15, 0.2) is 59.6 Å². The molecule has 0 bridgehead atoms. The van der Waals surface area contributed by atoms with E-state index in [9.17, 15) is 0 Å². The first-order valence-electron chi connectivity index (χ1n) is 6.72. The van der Waals surface area contributed by atoms with Crippen molar-refractivity contribution in [3.05, 3.63) is 60.2 Å². The minimum Gasteiger partial charge on any atom is -0.302 e. The molecule has 0 radical (unpaired) electrons. The molecule has 0 amide bonds. The smallest absolute Gasteiger partial charge is 0.112 e. The fourth-order valence-electron chi connectivity index (χ4n) is 2.24. The molecule has 0 aromatic heterocycles. The number of aliphatic imine (C=N–C) groups is 1. The number of rotatable bonds is 4. The monoisotopic (exact) mass is 280 g/mol. The molecule has 1 N–H and O–H groups in total. The summed E-state index contributed by atoms with van der Waals surface area (Å²) >= 11 is 1.70. The number of hydrogen-bond donors (Lipinski definition) is 1. The van der Waals surface area contributed by atoms with Crippen molar-refractivity contribution in [2.45, 2.75) is 6.42 Å². The largest absolute Gasteiger partial charge is 0.302 e. The standard InChI is InChI=1S/C17H16N2S/c18-16(17-19-10-11-20-17)12-13-6-8-15(9-7-13)14-4-2-1-3-5-14/h1-9,18H,10-12H2. The molecule has 3 rings (SSSR count). The van der Waals surface area contributed by atoms with Crippen molar-refractivity contribution in [2.75, 3.05) is 12.3 Å². The molecule has 0 fully saturated rings. The minimum atomic E-state index is 0.639. The van der Waals surface area contributed by atoms with Gasteiger partial charge >= 0.3 is 0 Å². The van der Waals surface area contributed by atoms with Crippen molar-refractivity contribution < 1.29 is 0 Å². The Kier molecular flexibility index (Phi) is 3.97. The summed E-state index contributed by atoms with van der Waals surface area (Å²) in [7, 11) is 0. The zero-order chi connectivity index (χ0) is 13.8. The van der Waals surface area contributed by atoms with Crippen LogP contribution in [0.25, 0.3) is 11.1 Å². The highest BCUT2D eigenvalue weighted by Gasteiger charge is 2.12. The summed E-state index contributed by atoms with van der Waals surface area (Å²) in [6, 6.07) is 18.8. The van der Waals surface area contributed by atoms with Gasteiger partial charge in [-0.1, -0.05) is 54.6 Å². The summed E-state index contributed by atoms with van der Waals surface area (Å²) in [6.45, 7) is 0.856. The Morgan fingerprint density at radius 1 is 1.00 bits per heavy atom. The summed E-state index contributed by atoms with van der Waals surface area (Å²) in [5.74, 6) is 1.02. The molecule has 20 heavy (non-hydrogen) atoms. The topological polar surface area (TPSA) is 36.2 Å². The van der Waals surface area contributed by atoms with E-state index in [0.29, 0.717) is 12.1 Å². The Balaban J connectivity index is 1.72. The van der Waals surface area contributed by atoms with Gasteiger partial charge in [-0.25, -0.2) is 0 Å². The van der Waals surface area contributed by atoms with Gasteiger partial charge in [-0.3, -0.25) is 4.99 Å². The van der Waals surface area contributed by atoms with Gasteiger partial charge in [-0.05, 0) is 16.7 Å². The normalized spacial score (nSPS) is 14.1. The molecule has 0 unspecified atom stereocenters. The second-order valence-corrected chi connectivity index (χ2v) is 5.84. The molecule has 1 aliphatic rings. The number of nitrogens with zero attached hydrogens (tertiary/aromatic N) is 1. The van der Waals surface area contributed by atoms with Crippen molar-refractivity contribution in [2.24, 2.45) is 4.99 Å². The van der Waals surface area contributed by atoms with Crippen LogP contribution in [0.5, 0.6) is 0 Å². The number of hydrogen-bond acceptors (Lipinski definition) is 3. The fraction of sp³-hybridized carbons (Fsp3) is 0.176. The van der Waals surface area contributed by atoms with E-state index in [4.69, 9.17) is 5.41 Å². The summed E-state index contributed by atoms with van der Waals surface area (Å²) in [6.07, 6.45) is 0.668. The molecule has 1 heterocycles. The first-order chi connectivity index (χ1) is 9.83. The van der Waals surface area contributed by atoms with E-state index < -0.39 is 0 Å². The zero-order valence-corrected chi connectivity index (χ0v) is 12.0. The molecular weight excluding hydrogens is 264 g/mol. The quantitative estimate of drug-likeness (QED) is 0.842. The maximum Gasteiger partial charge on any atom is 0.112 e. The Hall–Kier alpha value is -1.87. The summed E-state index contributed by atoms with van der Waals surface area (Å²) in [5.41, 5.74) is 4.25. The van der Waals surface area contributed by atoms with E-state index in [2.05, 4.69) is 41.4 Å². The van der Waals surface area contributed by atoms with Gasteiger partial charge in [0.2, 0.25) is 0 Å². The summed E-state index contributed by atoms with van der Waals surface area (Å²) in [5, 5.41) is 9.00. The van der Waals surface area contributed by atoms with Crippen molar-refractivity contribution in [3.63, 3.8) is 0 Å². The van der Waals surface area contributed by atoms with Gasteiger partial charge in [-0.2, -0.15) is 0 Å². The Labute approximate surface area is 123 Å². The van der Waals surface area contributed by atoms with Gasteiger partial charge in [0.1, 0.15) is 5.04 Å². The molecule has 0 saturated heterocycles. The van der Waals surface area contributed by atoms with Gasteiger partial charge < -0.3 is 5.41 Å². The second kappa shape index (κ2) is 6.06. The lowest BCUT2D eigenvalue weighted by Gasteiger charge is -2.06. The highest BCUT2D eigenvalue weighted by atomic mass is 32.2. The van der Waals surface area contributed by atoms with Crippen LogP contribution >= 0.6 is 11.8 Å². The van der Waals surface area contributed by atoms with Crippen molar-refractivity contribution in [1.82, 2.24) is 0 Å². The molecule has 2 aromatic carbocycles. The molecule has 0 aliphatic carbocycles. The van der Waals surface area contributed by atoms with Crippen molar-refractivity contribution >= 4 is 22.5 Å². The molecule has 0 atom stereocenters. The highest BCUT2D eigenvalue weighted by molar-refractivity contribution is 8.16. The lowest BCUT2D eigenvalue weighted by Crippen LogP contribution is -2.10. The van der Waals surface area contributed by atoms with E-state index in [1.54, 1.807) is 11.8 Å². The van der Waals surface area contributed by atoms with E-state index >= 15 is 0 Å². The molecular formula is C17H16N2S. The summed E-state index contributed by atoms with van der Waals surface area (Å²) in [4.78, 5) is 4.35. The first kappa shape index (κ1) is 13.1. The predicted molar refractivity (Wildman–Crippen MR) is 88.1 cm³/mol. The molecule has 0 spiro atoms. The number of benzene rings is 2. The summed E-state index contributed by atoms with van der Waals surface area (Å²) < 4.78 is 0. The lowest BCUT2D eigenvalue weighted by atomic mass is 10.0. The predicted octanol–water partition coefficient (Wildman–Crippen LogP) is 4.06. The van der Waals surface area contributed by atoms with E-state index in [-0.39, 0.29) is 0 Å². The van der Waals surface area contributed by atoms with Crippen LogP contribution < -0.4 is 0 Å². The van der Waals surface area contributed by atoms with Crippen LogP contribution in [-0.2, 0) is 6.42 Å². The van der Waals surface area contributed by atoms with Crippen LogP contribution in [0.4, 0.5) is 0 Å². The van der Waals surface area contributed by atoms with Crippen LogP contribution in [0.1, 0.15) is 5.56 Å². The van der Waals surface area contributed by atoms with Gasteiger partial charge in [0, 0.05) is 18.7 Å². The van der Waals surface area contributed by atoms with Crippen LogP contribution in [0, 0.1) is 5.41 Å². The number of thioether (sulfide) groups is 1. The third-order valence-electron chi connectivity index (χ3n) is 3.29. The van der Waals surface area contributed by atoms with E-state index in [1.807, 2.05) is 18.2 Å². The molecule has 2 nitrogen and oxygen atoms in total. The maximum atomic E-state index is 8.09. The fourth-order valence-corrected chi connectivity index (χ4v) is 3.05. The number of nitrogens with one attached hydrogen (secondary N) is 1. The first-order valence-corrected chi connectivity index (χ1v) is 7.71. The maximum absolute atomic E-state index is 8.09. The van der Waals surface area contributed by atoms with Crippen LogP contribution in [0.3, 0.4) is 0 Å². The highest BCUT2D eigenvalue weighted by Crippen LogP contribution is 2.20. The van der Waals surface area contributed by atoms with E-state index in [1.165, 1.54) is 16.7 Å². The Bertz CT molecular complexity index is 630.